The Morgan fingerprint density at radius 3 is 2.67 bits per heavy atom. The quantitative estimate of drug-likeness (QED) is 0.741. The van der Waals surface area contributed by atoms with E-state index in [1.807, 2.05) is 13.8 Å². The van der Waals surface area contributed by atoms with Gasteiger partial charge in [0.05, 0.1) is 5.92 Å². The Bertz CT molecular complexity index is 253. The molecular weight excluding hydrogens is 226 g/mol. The minimum Gasteiger partial charge on any atom is -0.462 e. The molecule has 0 bridgehead atoms. The normalized spacial score (nSPS) is 27.6. The average Bonchev–Trinajstić information content (AvgIpc) is 2.28. The van der Waals surface area contributed by atoms with Gasteiger partial charge in [0.25, 0.3) is 0 Å². The molecule has 0 heterocycles. The molecule has 0 aliphatic heterocycles. The van der Waals surface area contributed by atoms with Crippen LogP contribution in [-0.4, -0.2) is 18.1 Å². The SMILES string of the molecule is CC(N)CCCC(C)C(=O)OC1CCCC(C)C1. The zero-order valence-electron chi connectivity index (χ0n) is 12.2. The average molecular weight is 255 g/mol. The van der Waals surface area contributed by atoms with Crippen molar-refractivity contribution in [2.24, 2.45) is 17.6 Å². The van der Waals surface area contributed by atoms with Crippen molar-refractivity contribution in [1.29, 1.82) is 0 Å². The Morgan fingerprint density at radius 2 is 2.06 bits per heavy atom. The van der Waals surface area contributed by atoms with E-state index in [1.54, 1.807) is 0 Å². The molecule has 3 nitrogen and oxygen atoms in total. The van der Waals surface area contributed by atoms with Gasteiger partial charge in [0.1, 0.15) is 6.10 Å². The van der Waals surface area contributed by atoms with Gasteiger partial charge in [0, 0.05) is 6.04 Å². The van der Waals surface area contributed by atoms with Gasteiger partial charge in [-0.1, -0.05) is 26.7 Å². The van der Waals surface area contributed by atoms with E-state index in [2.05, 4.69) is 6.92 Å². The van der Waals surface area contributed by atoms with Crippen molar-refractivity contribution in [1.82, 2.24) is 0 Å². The third-order valence-corrected chi connectivity index (χ3v) is 3.87. The first-order valence-corrected chi connectivity index (χ1v) is 7.45. The second kappa shape index (κ2) is 7.78. The predicted molar refractivity (Wildman–Crippen MR) is 74.2 cm³/mol. The summed E-state index contributed by atoms with van der Waals surface area (Å²) in [6.45, 7) is 6.22. The summed E-state index contributed by atoms with van der Waals surface area (Å²) in [7, 11) is 0. The summed E-state index contributed by atoms with van der Waals surface area (Å²) in [5.74, 6) is 0.699. The summed E-state index contributed by atoms with van der Waals surface area (Å²) in [4.78, 5) is 11.9. The molecule has 1 aliphatic rings. The molecule has 106 valence electrons. The molecule has 0 aromatic heterocycles. The van der Waals surface area contributed by atoms with Gasteiger partial charge < -0.3 is 10.5 Å². The number of esters is 1. The van der Waals surface area contributed by atoms with Crippen LogP contribution in [0, 0.1) is 11.8 Å². The van der Waals surface area contributed by atoms with E-state index in [9.17, 15) is 4.79 Å². The minimum atomic E-state index is -0.0150. The van der Waals surface area contributed by atoms with Gasteiger partial charge in [-0.2, -0.15) is 0 Å². The molecule has 0 aromatic carbocycles. The number of hydrogen-bond acceptors (Lipinski definition) is 3. The summed E-state index contributed by atoms with van der Waals surface area (Å²) in [5.41, 5.74) is 5.70. The highest BCUT2D eigenvalue weighted by atomic mass is 16.5. The minimum absolute atomic E-state index is 0.0148. The lowest BCUT2D eigenvalue weighted by Gasteiger charge is -2.27. The van der Waals surface area contributed by atoms with E-state index in [4.69, 9.17) is 10.5 Å². The molecular formula is C15H29NO2. The van der Waals surface area contributed by atoms with Gasteiger partial charge >= 0.3 is 5.97 Å². The second-order valence-corrected chi connectivity index (χ2v) is 6.14. The van der Waals surface area contributed by atoms with E-state index < -0.39 is 0 Å². The van der Waals surface area contributed by atoms with E-state index in [1.165, 1.54) is 12.8 Å². The van der Waals surface area contributed by atoms with Crippen LogP contribution in [0.4, 0.5) is 0 Å². The number of hydrogen-bond donors (Lipinski definition) is 1. The molecule has 0 radical (unpaired) electrons. The van der Waals surface area contributed by atoms with Crippen molar-refractivity contribution >= 4 is 5.97 Å². The van der Waals surface area contributed by atoms with Crippen molar-refractivity contribution in [2.75, 3.05) is 0 Å². The zero-order chi connectivity index (χ0) is 13.5. The summed E-state index contributed by atoms with van der Waals surface area (Å²) in [5, 5.41) is 0. The summed E-state index contributed by atoms with van der Waals surface area (Å²) in [6.07, 6.45) is 7.60. The molecule has 0 spiro atoms. The third-order valence-electron chi connectivity index (χ3n) is 3.87. The number of rotatable bonds is 6. The van der Waals surface area contributed by atoms with Crippen molar-refractivity contribution in [3.8, 4) is 0 Å². The first kappa shape index (κ1) is 15.5. The molecule has 3 heteroatoms. The smallest absolute Gasteiger partial charge is 0.308 e. The third kappa shape index (κ3) is 5.85. The molecule has 1 aliphatic carbocycles. The van der Waals surface area contributed by atoms with Crippen LogP contribution in [0.1, 0.15) is 65.7 Å². The lowest BCUT2D eigenvalue weighted by molar-refractivity contribution is -0.155. The van der Waals surface area contributed by atoms with Crippen LogP contribution in [-0.2, 0) is 9.53 Å². The van der Waals surface area contributed by atoms with Crippen LogP contribution in [0.5, 0.6) is 0 Å². The standard InChI is InChI=1S/C15H29NO2/c1-11-6-4-9-14(10-11)18-15(17)12(2)7-5-8-13(3)16/h11-14H,4-10,16H2,1-3H3. The van der Waals surface area contributed by atoms with E-state index >= 15 is 0 Å². The van der Waals surface area contributed by atoms with Gasteiger partial charge in [0.2, 0.25) is 0 Å². The van der Waals surface area contributed by atoms with Gasteiger partial charge in [-0.25, -0.2) is 0 Å². The highest BCUT2D eigenvalue weighted by Crippen LogP contribution is 2.26. The van der Waals surface area contributed by atoms with Gasteiger partial charge in [-0.3, -0.25) is 4.79 Å². The number of ether oxygens (including phenoxy) is 1. The summed E-state index contributed by atoms with van der Waals surface area (Å²) in [6, 6.07) is 0.229. The van der Waals surface area contributed by atoms with Crippen LogP contribution < -0.4 is 5.73 Å². The fourth-order valence-electron chi connectivity index (χ4n) is 2.63. The summed E-state index contributed by atoms with van der Waals surface area (Å²) < 4.78 is 5.61. The van der Waals surface area contributed by atoms with Crippen LogP contribution >= 0.6 is 0 Å². The first-order chi connectivity index (χ1) is 8.49. The lowest BCUT2D eigenvalue weighted by atomic mass is 9.88. The number of nitrogens with two attached hydrogens (primary N) is 1. The van der Waals surface area contributed by atoms with Gasteiger partial charge in [0.15, 0.2) is 0 Å². The molecule has 2 N–H and O–H groups in total. The lowest BCUT2D eigenvalue weighted by Crippen LogP contribution is -2.27. The Labute approximate surface area is 111 Å². The van der Waals surface area contributed by atoms with Crippen molar-refractivity contribution in [2.45, 2.75) is 77.9 Å². The molecule has 0 amide bonds. The topological polar surface area (TPSA) is 52.3 Å². The molecule has 1 fully saturated rings. The van der Waals surface area contributed by atoms with E-state index in [0.29, 0.717) is 5.92 Å². The maximum absolute atomic E-state index is 11.9. The van der Waals surface area contributed by atoms with Crippen molar-refractivity contribution < 1.29 is 9.53 Å². The molecule has 1 rings (SSSR count). The predicted octanol–water partition coefficient (Wildman–Crippen LogP) is 3.26. The van der Waals surface area contributed by atoms with Crippen LogP contribution in [0.2, 0.25) is 0 Å². The zero-order valence-corrected chi connectivity index (χ0v) is 12.2. The Balaban J connectivity index is 2.22. The molecule has 18 heavy (non-hydrogen) atoms. The van der Waals surface area contributed by atoms with Crippen LogP contribution in [0.3, 0.4) is 0 Å². The fraction of sp³-hybridized carbons (Fsp3) is 0.933. The number of carbonyl (C=O) groups is 1. The first-order valence-electron chi connectivity index (χ1n) is 7.45. The molecule has 0 saturated heterocycles. The summed E-state index contributed by atoms with van der Waals surface area (Å²) >= 11 is 0. The number of carbonyl (C=O) groups excluding carboxylic acids is 1. The maximum atomic E-state index is 11.9. The highest BCUT2D eigenvalue weighted by Gasteiger charge is 2.24. The van der Waals surface area contributed by atoms with Crippen LogP contribution in [0.25, 0.3) is 0 Å². The van der Waals surface area contributed by atoms with Crippen molar-refractivity contribution in [3.05, 3.63) is 0 Å². The van der Waals surface area contributed by atoms with Gasteiger partial charge in [-0.05, 0) is 44.9 Å². The molecule has 0 aromatic rings. The highest BCUT2D eigenvalue weighted by molar-refractivity contribution is 5.72. The molecule has 4 atom stereocenters. The van der Waals surface area contributed by atoms with Gasteiger partial charge in [-0.15, -0.1) is 0 Å². The van der Waals surface area contributed by atoms with Crippen LogP contribution in [0.15, 0.2) is 0 Å². The maximum Gasteiger partial charge on any atom is 0.308 e. The van der Waals surface area contributed by atoms with E-state index in [0.717, 1.165) is 32.1 Å². The van der Waals surface area contributed by atoms with E-state index in [-0.39, 0.29) is 24.0 Å². The fourth-order valence-corrected chi connectivity index (χ4v) is 2.63. The Morgan fingerprint density at radius 1 is 1.33 bits per heavy atom. The Hall–Kier alpha value is -0.570. The molecule has 1 saturated carbocycles. The monoisotopic (exact) mass is 255 g/mol. The molecule has 4 unspecified atom stereocenters. The Kier molecular flexibility index (Phi) is 6.69. The van der Waals surface area contributed by atoms with Crippen molar-refractivity contribution in [3.63, 3.8) is 0 Å². The second-order valence-electron chi connectivity index (χ2n) is 6.14. The largest absolute Gasteiger partial charge is 0.462 e.